The van der Waals surface area contributed by atoms with E-state index in [2.05, 4.69) is 10.3 Å². The zero-order valence-corrected chi connectivity index (χ0v) is 13.4. The zero-order chi connectivity index (χ0) is 17.5. The van der Waals surface area contributed by atoms with Crippen LogP contribution in [0.5, 0.6) is 0 Å². The van der Waals surface area contributed by atoms with E-state index in [1.807, 2.05) is 0 Å². The van der Waals surface area contributed by atoms with Crippen LogP contribution in [0.25, 0.3) is 0 Å². The van der Waals surface area contributed by atoms with Crippen LogP contribution in [0.4, 0.5) is 5.82 Å². The molecule has 1 saturated heterocycles. The normalized spacial score (nSPS) is 26.7. The van der Waals surface area contributed by atoms with Crippen LogP contribution in [0.2, 0.25) is 0 Å². The van der Waals surface area contributed by atoms with Crippen LogP contribution < -0.4 is 11.0 Å². The van der Waals surface area contributed by atoms with Gasteiger partial charge in [0.15, 0.2) is 6.23 Å². The number of hydrogen-bond donors (Lipinski definition) is 5. The van der Waals surface area contributed by atoms with Crippen LogP contribution in [-0.2, 0) is 4.74 Å². The molecule has 1 aliphatic rings. The van der Waals surface area contributed by atoms with Crippen LogP contribution in [0.1, 0.15) is 31.9 Å². The van der Waals surface area contributed by atoms with E-state index in [9.17, 15) is 15.0 Å². The summed E-state index contributed by atoms with van der Waals surface area (Å²) in [5.41, 5.74) is -0.616. The molecule has 2 rings (SSSR count). The van der Waals surface area contributed by atoms with Gasteiger partial charge in [-0.1, -0.05) is 12.8 Å². The molecule has 0 radical (unpaired) electrons. The van der Waals surface area contributed by atoms with Crippen molar-refractivity contribution in [3.8, 4) is 0 Å². The molecule has 1 aliphatic heterocycles. The summed E-state index contributed by atoms with van der Waals surface area (Å²) in [5, 5.41) is 40.5. The Morgan fingerprint density at radius 2 is 1.92 bits per heavy atom. The highest BCUT2D eigenvalue weighted by molar-refractivity contribution is 5.31. The van der Waals surface area contributed by atoms with Crippen LogP contribution in [-0.4, -0.2) is 68.0 Å². The number of nitrogens with zero attached hydrogens (tertiary/aromatic N) is 2. The molecule has 0 spiro atoms. The Morgan fingerprint density at radius 1 is 1.17 bits per heavy atom. The van der Waals surface area contributed by atoms with E-state index in [1.165, 1.54) is 6.20 Å². The summed E-state index contributed by atoms with van der Waals surface area (Å²) < 4.78 is 6.40. The summed E-state index contributed by atoms with van der Waals surface area (Å²) in [6.07, 6.45) is 0.474. The maximum Gasteiger partial charge on any atom is 0.351 e. The summed E-state index contributed by atoms with van der Waals surface area (Å²) in [6, 6.07) is 1.59. The number of aromatic nitrogens is 2. The molecule has 0 unspecified atom stereocenters. The van der Waals surface area contributed by atoms with Gasteiger partial charge in [-0.2, -0.15) is 4.98 Å². The van der Waals surface area contributed by atoms with Crippen LogP contribution >= 0.6 is 0 Å². The van der Waals surface area contributed by atoms with Crippen molar-refractivity contribution < 1.29 is 25.2 Å². The van der Waals surface area contributed by atoms with E-state index >= 15 is 0 Å². The molecule has 0 bridgehead atoms. The van der Waals surface area contributed by atoms with Crippen LogP contribution in [0.3, 0.4) is 0 Å². The molecule has 1 aromatic rings. The first-order valence-electron chi connectivity index (χ1n) is 8.15. The Kier molecular flexibility index (Phi) is 7.13. The van der Waals surface area contributed by atoms with Crippen molar-refractivity contribution in [1.29, 1.82) is 0 Å². The molecule has 1 fully saturated rings. The summed E-state index contributed by atoms with van der Waals surface area (Å²) in [6.45, 7) is 0.413. The minimum atomic E-state index is -1.31. The van der Waals surface area contributed by atoms with Gasteiger partial charge in [-0.25, -0.2) is 4.79 Å². The highest BCUT2D eigenvalue weighted by atomic mass is 16.6. The molecule has 136 valence electrons. The van der Waals surface area contributed by atoms with Gasteiger partial charge in [0, 0.05) is 19.3 Å². The predicted octanol–water partition coefficient (Wildman–Crippen LogP) is -1.18. The minimum Gasteiger partial charge on any atom is -0.396 e. The topological polar surface area (TPSA) is 137 Å². The molecule has 9 nitrogen and oxygen atoms in total. The number of rotatable bonds is 9. The number of ether oxygens (including phenoxy) is 1. The van der Waals surface area contributed by atoms with Gasteiger partial charge in [0.1, 0.15) is 24.1 Å². The second kappa shape index (κ2) is 9.09. The van der Waals surface area contributed by atoms with Crippen molar-refractivity contribution in [2.45, 2.75) is 50.2 Å². The number of anilines is 1. The fourth-order valence-corrected chi connectivity index (χ4v) is 2.62. The van der Waals surface area contributed by atoms with E-state index in [0.717, 1.165) is 30.3 Å². The summed E-state index contributed by atoms with van der Waals surface area (Å²) in [7, 11) is 0. The first-order valence-corrected chi connectivity index (χ1v) is 8.15. The SMILES string of the molecule is O=c1nc(NCCCCCCO)ccn1[C@@H]1O[C@H](CO)[C@@H](O)[C@H]1O. The molecular formula is C15H25N3O6. The second-order valence-corrected chi connectivity index (χ2v) is 5.80. The molecule has 0 aliphatic carbocycles. The molecular weight excluding hydrogens is 318 g/mol. The van der Waals surface area contributed by atoms with Crippen molar-refractivity contribution in [3.63, 3.8) is 0 Å². The largest absolute Gasteiger partial charge is 0.396 e. The Morgan fingerprint density at radius 3 is 2.54 bits per heavy atom. The molecule has 4 atom stereocenters. The van der Waals surface area contributed by atoms with E-state index in [0.29, 0.717) is 12.4 Å². The van der Waals surface area contributed by atoms with E-state index < -0.39 is 36.8 Å². The number of hydrogen-bond acceptors (Lipinski definition) is 8. The Hall–Kier alpha value is -1.52. The lowest BCUT2D eigenvalue weighted by Crippen LogP contribution is -2.36. The summed E-state index contributed by atoms with van der Waals surface area (Å²) in [5.74, 6) is 0.421. The van der Waals surface area contributed by atoms with Gasteiger partial charge in [-0.15, -0.1) is 0 Å². The van der Waals surface area contributed by atoms with E-state index in [1.54, 1.807) is 6.07 Å². The Balaban J connectivity index is 1.92. The minimum absolute atomic E-state index is 0.203. The Labute approximate surface area is 139 Å². The van der Waals surface area contributed by atoms with Crippen molar-refractivity contribution in [2.75, 3.05) is 25.1 Å². The molecule has 5 N–H and O–H groups in total. The molecule has 1 aromatic heterocycles. The van der Waals surface area contributed by atoms with Gasteiger partial charge >= 0.3 is 5.69 Å². The van der Waals surface area contributed by atoms with Crippen LogP contribution in [0, 0.1) is 0 Å². The number of aliphatic hydroxyl groups is 4. The number of unbranched alkanes of at least 4 members (excludes halogenated alkanes) is 3. The summed E-state index contributed by atoms with van der Waals surface area (Å²) in [4.78, 5) is 16.0. The smallest absolute Gasteiger partial charge is 0.351 e. The molecule has 0 aromatic carbocycles. The highest BCUT2D eigenvalue weighted by Gasteiger charge is 2.43. The third kappa shape index (κ3) is 4.52. The fourth-order valence-electron chi connectivity index (χ4n) is 2.62. The van der Waals surface area contributed by atoms with Crippen molar-refractivity contribution >= 4 is 5.82 Å². The molecule has 2 heterocycles. The summed E-state index contributed by atoms with van der Waals surface area (Å²) >= 11 is 0. The monoisotopic (exact) mass is 343 g/mol. The standard InChI is InChI=1S/C15H25N3O6/c19-8-4-2-1-3-6-16-11-5-7-18(15(23)17-11)14-13(22)12(21)10(9-20)24-14/h5,7,10,12-14,19-22H,1-4,6,8-9H2,(H,16,17,23)/t10-,12-,13-,14-/m1/s1. The van der Waals surface area contributed by atoms with Crippen LogP contribution in [0.15, 0.2) is 17.1 Å². The van der Waals surface area contributed by atoms with Gasteiger partial charge < -0.3 is 30.5 Å². The lowest BCUT2D eigenvalue weighted by Gasteiger charge is -2.17. The second-order valence-electron chi connectivity index (χ2n) is 5.80. The average Bonchev–Trinajstić information content (AvgIpc) is 2.86. The first-order chi connectivity index (χ1) is 11.6. The van der Waals surface area contributed by atoms with E-state index in [4.69, 9.17) is 14.9 Å². The van der Waals surface area contributed by atoms with Gasteiger partial charge in [-0.05, 0) is 18.9 Å². The molecule has 0 amide bonds. The van der Waals surface area contributed by atoms with Crippen molar-refractivity contribution in [3.05, 3.63) is 22.7 Å². The van der Waals surface area contributed by atoms with E-state index in [-0.39, 0.29) is 6.61 Å². The first kappa shape index (κ1) is 18.8. The molecule has 9 heteroatoms. The zero-order valence-electron chi connectivity index (χ0n) is 13.4. The van der Waals surface area contributed by atoms with Gasteiger partial charge in [0.05, 0.1) is 6.61 Å². The quantitative estimate of drug-likeness (QED) is 0.353. The van der Waals surface area contributed by atoms with Crippen molar-refractivity contribution in [2.24, 2.45) is 0 Å². The predicted molar refractivity (Wildman–Crippen MR) is 85.5 cm³/mol. The van der Waals surface area contributed by atoms with Gasteiger partial charge in [0.2, 0.25) is 0 Å². The molecule has 0 saturated carbocycles. The highest BCUT2D eigenvalue weighted by Crippen LogP contribution is 2.28. The maximum absolute atomic E-state index is 12.1. The lowest BCUT2D eigenvalue weighted by molar-refractivity contribution is -0.0549. The Bertz CT molecular complexity index is 566. The van der Waals surface area contributed by atoms with Crippen molar-refractivity contribution in [1.82, 2.24) is 9.55 Å². The maximum atomic E-state index is 12.1. The van der Waals surface area contributed by atoms with Gasteiger partial charge in [0.25, 0.3) is 0 Å². The number of nitrogens with one attached hydrogen (secondary N) is 1. The third-order valence-electron chi connectivity index (χ3n) is 4.01. The number of aliphatic hydroxyl groups excluding tert-OH is 4. The average molecular weight is 343 g/mol. The molecule has 24 heavy (non-hydrogen) atoms. The third-order valence-corrected chi connectivity index (χ3v) is 4.01. The van der Waals surface area contributed by atoms with Gasteiger partial charge in [-0.3, -0.25) is 4.57 Å². The fraction of sp³-hybridized carbons (Fsp3) is 0.733. The lowest BCUT2D eigenvalue weighted by atomic mass is 10.1.